The monoisotopic (exact) mass is 507 g/mol. The van der Waals surface area contributed by atoms with Gasteiger partial charge in [0, 0.05) is 49.5 Å². The van der Waals surface area contributed by atoms with Gasteiger partial charge in [-0.05, 0) is 31.0 Å². The van der Waals surface area contributed by atoms with Gasteiger partial charge >= 0.3 is 6.18 Å². The number of aryl methyl sites for hydroxylation is 1. The number of aromatic nitrogens is 4. The lowest BCUT2D eigenvalue weighted by atomic mass is 9.97. The molecule has 7 nitrogen and oxygen atoms in total. The number of pyridine rings is 2. The van der Waals surface area contributed by atoms with Gasteiger partial charge in [-0.2, -0.15) is 13.2 Å². The SMILES string of the molecule is CO[C@@H](C)c1c(CC(=O)Cc2cnc(Nc3nccs3)c(C(F)(F)F)c2)cnc2sc(C)nc12. The number of anilines is 2. The molecule has 0 amide bonds. The van der Waals surface area contributed by atoms with E-state index in [4.69, 9.17) is 4.74 Å². The number of carbonyl (C=O) groups is 1. The van der Waals surface area contributed by atoms with E-state index < -0.39 is 11.7 Å². The van der Waals surface area contributed by atoms with Gasteiger partial charge in [0.15, 0.2) is 5.13 Å². The summed E-state index contributed by atoms with van der Waals surface area (Å²) >= 11 is 2.60. The summed E-state index contributed by atoms with van der Waals surface area (Å²) in [7, 11) is 1.56. The zero-order valence-corrected chi connectivity index (χ0v) is 20.1. The zero-order valence-electron chi connectivity index (χ0n) is 18.4. The average Bonchev–Trinajstić information content (AvgIpc) is 3.42. The van der Waals surface area contributed by atoms with Gasteiger partial charge in [-0.25, -0.2) is 19.9 Å². The van der Waals surface area contributed by atoms with Crippen LogP contribution < -0.4 is 5.32 Å². The number of alkyl halides is 3. The quantitative estimate of drug-likeness (QED) is 0.328. The van der Waals surface area contributed by atoms with Crippen LogP contribution in [-0.2, 0) is 28.5 Å². The first-order valence-electron chi connectivity index (χ1n) is 10.2. The third kappa shape index (κ3) is 5.24. The van der Waals surface area contributed by atoms with E-state index in [0.29, 0.717) is 16.2 Å². The second kappa shape index (κ2) is 9.72. The topological polar surface area (TPSA) is 89.9 Å². The van der Waals surface area contributed by atoms with Crippen molar-refractivity contribution >= 4 is 49.8 Å². The number of Topliss-reactive ketones (excluding diaryl/α,β-unsaturated/α-hetero) is 1. The largest absolute Gasteiger partial charge is 0.419 e. The first-order valence-corrected chi connectivity index (χ1v) is 11.9. The van der Waals surface area contributed by atoms with Crippen molar-refractivity contribution in [3.63, 3.8) is 0 Å². The van der Waals surface area contributed by atoms with Gasteiger partial charge < -0.3 is 10.1 Å². The predicted octanol–water partition coefficient (Wildman–Crippen LogP) is 5.68. The maximum Gasteiger partial charge on any atom is 0.419 e. The molecule has 1 atom stereocenters. The Bertz CT molecular complexity index is 1320. The van der Waals surface area contributed by atoms with Gasteiger partial charge in [0.25, 0.3) is 0 Å². The van der Waals surface area contributed by atoms with Crippen molar-refractivity contribution in [3.05, 3.63) is 57.3 Å². The van der Waals surface area contributed by atoms with Crippen molar-refractivity contribution in [1.82, 2.24) is 19.9 Å². The Balaban J connectivity index is 1.59. The minimum absolute atomic E-state index is 0.0109. The van der Waals surface area contributed by atoms with Gasteiger partial charge in [0.1, 0.15) is 21.9 Å². The summed E-state index contributed by atoms with van der Waals surface area (Å²) in [6.07, 6.45) is -0.832. The van der Waals surface area contributed by atoms with Crippen LogP contribution >= 0.6 is 22.7 Å². The van der Waals surface area contributed by atoms with Crippen LogP contribution in [0, 0.1) is 6.92 Å². The van der Waals surface area contributed by atoms with Crippen LogP contribution in [0.2, 0.25) is 0 Å². The van der Waals surface area contributed by atoms with E-state index >= 15 is 0 Å². The van der Waals surface area contributed by atoms with Crippen LogP contribution in [-0.4, -0.2) is 32.8 Å². The summed E-state index contributed by atoms with van der Waals surface area (Å²) in [5.41, 5.74) is 1.30. The summed E-state index contributed by atoms with van der Waals surface area (Å²) in [5, 5.41) is 5.36. The second-order valence-electron chi connectivity index (χ2n) is 7.55. The normalized spacial score (nSPS) is 12.8. The molecule has 0 saturated carbocycles. The van der Waals surface area contributed by atoms with E-state index in [2.05, 4.69) is 25.3 Å². The highest BCUT2D eigenvalue weighted by atomic mass is 32.1. The molecule has 4 heterocycles. The fraction of sp³-hybridized carbons (Fsp3) is 0.318. The molecular formula is C22H20F3N5O2S2. The Morgan fingerprint density at radius 1 is 1.21 bits per heavy atom. The highest BCUT2D eigenvalue weighted by molar-refractivity contribution is 7.18. The van der Waals surface area contributed by atoms with Crippen molar-refractivity contribution in [1.29, 1.82) is 0 Å². The number of hydrogen-bond acceptors (Lipinski definition) is 9. The maximum atomic E-state index is 13.7. The lowest BCUT2D eigenvalue weighted by Gasteiger charge is -2.16. The second-order valence-corrected chi connectivity index (χ2v) is 9.63. The van der Waals surface area contributed by atoms with Gasteiger partial charge in [-0.15, -0.1) is 11.3 Å². The molecule has 4 aromatic rings. The molecule has 0 aliphatic heterocycles. The molecule has 0 unspecified atom stereocenters. The maximum absolute atomic E-state index is 13.7. The number of thiazole rings is 2. The zero-order chi connectivity index (χ0) is 24.5. The van der Waals surface area contributed by atoms with Crippen molar-refractivity contribution in [2.45, 2.75) is 39.0 Å². The summed E-state index contributed by atoms with van der Waals surface area (Å²) in [5.74, 6) is -0.628. The molecule has 0 aliphatic carbocycles. The number of ether oxygens (including phenoxy) is 1. The van der Waals surface area contributed by atoms with E-state index in [1.807, 2.05) is 13.8 Å². The molecule has 4 rings (SSSR count). The van der Waals surface area contributed by atoms with Crippen LogP contribution in [0.3, 0.4) is 0 Å². The van der Waals surface area contributed by atoms with Crippen LogP contribution in [0.25, 0.3) is 10.3 Å². The number of nitrogens with zero attached hydrogens (tertiary/aromatic N) is 4. The smallest absolute Gasteiger partial charge is 0.377 e. The molecule has 0 radical (unpaired) electrons. The Labute approximate surface area is 201 Å². The number of rotatable bonds is 8. The van der Waals surface area contributed by atoms with E-state index in [-0.39, 0.29) is 36.1 Å². The first kappa shape index (κ1) is 24.2. The predicted molar refractivity (Wildman–Crippen MR) is 125 cm³/mol. The van der Waals surface area contributed by atoms with E-state index in [1.54, 1.807) is 18.7 Å². The molecule has 0 bridgehead atoms. The minimum atomic E-state index is -4.65. The molecular weight excluding hydrogens is 487 g/mol. The number of hydrogen-bond donors (Lipinski definition) is 1. The summed E-state index contributed by atoms with van der Waals surface area (Å²) in [6.45, 7) is 3.72. The summed E-state index contributed by atoms with van der Waals surface area (Å²) in [4.78, 5) is 30.4. The first-order chi connectivity index (χ1) is 16.2. The van der Waals surface area contributed by atoms with Gasteiger partial charge in [-0.1, -0.05) is 11.3 Å². The van der Waals surface area contributed by atoms with E-state index in [9.17, 15) is 18.0 Å². The van der Waals surface area contributed by atoms with Crippen molar-refractivity contribution in [2.24, 2.45) is 0 Å². The van der Waals surface area contributed by atoms with Gasteiger partial charge in [0.2, 0.25) is 0 Å². The van der Waals surface area contributed by atoms with Crippen LogP contribution in [0.5, 0.6) is 0 Å². The Morgan fingerprint density at radius 3 is 2.68 bits per heavy atom. The molecule has 178 valence electrons. The van der Waals surface area contributed by atoms with E-state index in [0.717, 1.165) is 32.8 Å². The van der Waals surface area contributed by atoms with Gasteiger partial charge in [0.05, 0.1) is 16.7 Å². The highest BCUT2D eigenvalue weighted by Gasteiger charge is 2.35. The van der Waals surface area contributed by atoms with Crippen LogP contribution in [0.15, 0.2) is 30.0 Å². The minimum Gasteiger partial charge on any atom is -0.377 e. The molecule has 4 aromatic heterocycles. The van der Waals surface area contributed by atoms with Crippen molar-refractivity contribution < 1.29 is 22.7 Å². The molecule has 1 N–H and O–H groups in total. The molecule has 0 aromatic carbocycles. The number of carbonyl (C=O) groups excluding carboxylic acids is 1. The van der Waals surface area contributed by atoms with Crippen LogP contribution in [0.1, 0.15) is 40.3 Å². The summed E-state index contributed by atoms with van der Waals surface area (Å²) < 4.78 is 46.5. The fourth-order valence-electron chi connectivity index (χ4n) is 3.56. The fourth-order valence-corrected chi connectivity index (χ4v) is 4.86. The van der Waals surface area contributed by atoms with Gasteiger partial charge in [-0.3, -0.25) is 4.79 Å². The Hall–Kier alpha value is -2.96. The van der Waals surface area contributed by atoms with Crippen molar-refractivity contribution in [2.75, 3.05) is 12.4 Å². The molecule has 12 heteroatoms. The lowest BCUT2D eigenvalue weighted by molar-refractivity contribution is -0.137. The number of ketones is 1. The Morgan fingerprint density at radius 2 is 2.00 bits per heavy atom. The third-order valence-corrected chi connectivity index (χ3v) is 6.68. The molecule has 34 heavy (non-hydrogen) atoms. The molecule has 0 spiro atoms. The number of nitrogens with one attached hydrogen (secondary N) is 1. The van der Waals surface area contributed by atoms with Crippen molar-refractivity contribution in [3.8, 4) is 0 Å². The molecule has 0 aliphatic rings. The number of fused-ring (bicyclic) bond motifs is 1. The standard InChI is InChI=1S/C22H20F3N5O2S2/c1-11(32-3)17-14(10-28-20-18(17)29-12(2)34-20)8-15(31)6-13-7-16(22(23,24)25)19(27-9-13)30-21-26-4-5-33-21/h4-5,7,9-11H,6,8H2,1-3H3,(H,26,27,30)/t11-/m0/s1. The summed E-state index contributed by atoms with van der Waals surface area (Å²) in [6, 6.07) is 0.949. The number of halogens is 3. The average molecular weight is 508 g/mol. The lowest BCUT2D eigenvalue weighted by Crippen LogP contribution is -2.14. The third-order valence-electron chi connectivity index (χ3n) is 5.11. The number of methoxy groups -OCH3 is 1. The molecule has 0 fully saturated rings. The Kier molecular flexibility index (Phi) is 6.91. The van der Waals surface area contributed by atoms with Crippen LogP contribution in [0.4, 0.5) is 24.1 Å². The van der Waals surface area contributed by atoms with E-state index in [1.165, 1.54) is 23.7 Å². The highest BCUT2D eigenvalue weighted by Crippen LogP contribution is 2.36. The molecule has 0 saturated heterocycles.